The summed E-state index contributed by atoms with van der Waals surface area (Å²) in [5.41, 5.74) is 2.74. The Morgan fingerprint density at radius 3 is 2.12 bits per heavy atom. The zero-order valence-corrected chi connectivity index (χ0v) is 17.6. The molecule has 0 saturated carbocycles. The summed E-state index contributed by atoms with van der Waals surface area (Å²) in [6, 6.07) is 18.5. The second kappa shape index (κ2) is 8.63. The van der Waals surface area contributed by atoms with Crippen molar-refractivity contribution in [2.75, 3.05) is 16.9 Å². The molecule has 0 fully saturated rings. The molecule has 0 N–H and O–H groups in total. The molecule has 0 spiro atoms. The number of halogens is 1. The number of para-hydroxylation sites is 2. The number of methoxy groups -OCH3 is 1. The third kappa shape index (κ3) is 3.85. The lowest BCUT2D eigenvalue weighted by atomic mass is 10.0. The van der Waals surface area contributed by atoms with E-state index in [1.807, 2.05) is 0 Å². The van der Waals surface area contributed by atoms with E-state index in [9.17, 15) is 18.8 Å². The van der Waals surface area contributed by atoms with Crippen LogP contribution in [0.3, 0.4) is 0 Å². The van der Waals surface area contributed by atoms with Gasteiger partial charge in [0.05, 0.1) is 30.6 Å². The van der Waals surface area contributed by atoms with E-state index in [2.05, 4.69) is 0 Å². The van der Waals surface area contributed by atoms with Gasteiger partial charge in [-0.25, -0.2) is 9.18 Å². The van der Waals surface area contributed by atoms with Crippen LogP contribution in [-0.4, -0.2) is 30.9 Å². The van der Waals surface area contributed by atoms with Crippen LogP contribution < -0.4 is 9.80 Å². The minimum Gasteiger partial charge on any atom is -0.465 e. The van der Waals surface area contributed by atoms with Crippen molar-refractivity contribution in [3.8, 4) is 0 Å². The van der Waals surface area contributed by atoms with Crippen LogP contribution in [0.2, 0.25) is 0 Å². The highest BCUT2D eigenvalue weighted by Crippen LogP contribution is 2.37. The molecule has 0 bridgehead atoms. The van der Waals surface area contributed by atoms with Crippen molar-refractivity contribution in [3.63, 3.8) is 0 Å². The van der Waals surface area contributed by atoms with E-state index >= 15 is 0 Å². The Balaban J connectivity index is 1.67. The fourth-order valence-electron chi connectivity index (χ4n) is 3.79. The first-order valence-electron chi connectivity index (χ1n) is 10.1. The van der Waals surface area contributed by atoms with Crippen LogP contribution in [0.25, 0.3) is 0 Å². The number of hydrogen-bond acceptors (Lipinski definition) is 4. The minimum absolute atomic E-state index is 0.240. The average molecular weight is 432 g/mol. The summed E-state index contributed by atoms with van der Waals surface area (Å²) in [5, 5.41) is 0. The molecule has 1 atom stereocenters. The predicted molar refractivity (Wildman–Crippen MR) is 118 cm³/mol. The molecule has 4 rings (SSSR count). The highest BCUT2D eigenvalue weighted by atomic mass is 19.1. The largest absolute Gasteiger partial charge is 0.465 e. The van der Waals surface area contributed by atoms with Gasteiger partial charge in [-0.2, -0.15) is 0 Å². The number of esters is 1. The fraction of sp³-hybridized carbons (Fsp3) is 0.160. The van der Waals surface area contributed by atoms with Crippen LogP contribution in [0.1, 0.15) is 33.2 Å². The number of carbonyl (C=O) groups is 3. The van der Waals surface area contributed by atoms with Crippen LogP contribution in [0.4, 0.5) is 15.8 Å². The highest BCUT2D eigenvalue weighted by Gasteiger charge is 2.38. The maximum absolute atomic E-state index is 13.3. The summed E-state index contributed by atoms with van der Waals surface area (Å²) in [6.45, 7) is 1.95. The molecule has 1 aliphatic heterocycles. The molecule has 1 unspecified atom stereocenters. The molecule has 0 saturated heterocycles. The smallest absolute Gasteiger partial charge is 0.337 e. The normalized spacial score (nSPS) is 15.3. The van der Waals surface area contributed by atoms with Crippen LogP contribution >= 0.6 is 0 Å². The number of rotatable bonds is 4. The van der Waals surface area contributed by atoms with Crippen molar-refractivity contribution in [1.29, 1.82) is 0 Å². The molecule has 0 aliphatic carbocycles. The molecule has 3 aromatic rings. The summed E-state index contributed by atoms with van der Waals surface area (Å²) in [4.78, 5) is 41.3. The first-order chi connectivity index (χ1) is 15.4. The van der Waals surface area contributed by atoms with Gasteiger partial charge in [-0.05, 0) is 61.0 Å². The van der Waals surface area contributed by atoms with Gasteiger partial charge in [0.1, 0.15) is 11.9 Å². The Morgan fingerprint density at radius 1 is 0.906 bits per heavy atom. The number of nitrogens with zero attached hydrogens (tertiary/aromatic N) is 2. The van der Waals surface area contributed by atoms with Crippen LogP contribution in [0.5, 0.6) is 0 Å². The Labute approximate surface area is 184 Å². The minimum atomic E-state index is -0.753. The van der Waals surface area contributed by atoms with Gasteiger partial charge in [-0.3, -0.25) is 14.5 Å². The van der Waals surface area contributed by atoms with Gasteiger partial charge in [0.25, 0.3) is 5.91 Å². The van der Waals surface area contributed by atoms with Gasteiger partial charge in [-0.15, -0.1) is 0 Å². The zero-order valence-electron chi connectivity index (χ0n) is 17.6. The summed E-state index contributed by atoms with van der Waals surface area (Å²) < 4.78 is 18.0. The average Bonchev–Trinajstić information content (AvgIpc) is 2.82. The molecule has 1 aliphatic rings. The van der Waals surface area contributed by atoms with Gasteiger partial charge in [-0.1, -0.05) is 24.3 Å². The first-order valence-corrected chi connectivity index (χ1v) is 10.1. The van der Waals surface area contributed by atoms with E-state index in [0.717, 1.165) is 5.56 Å². The van der Waals surface area contributed by atoms with Gasteiger partial charge in [0.2, 0.25) is 5.91 Å². The number of fused-ring (bicyclic) bond motifs is 1. The maximum atomic E-state index is 13.3. The third-order valence-corrected chi connectivity index (χ3v) is 5.47. The molecule has 0 aromatic heterocycles. The number of hydrogen-bond donors (Lipinski definition) is 0. The van der Waals surface area contributed by atoms with Gasteiger partial charge in [0.15, 0.2) is 0 Å². The molecule has 0 radical (unpaired) electrons. The maximum Gasteiger partial charge on any atom is 0.337 e. The summed E-state index contributed by atoms with van der Waals surface area (Å²) in [6.07, 6.45) is 0. The van der Waals surface area contributed by atoms with E-state index in [1.165, 1.54) is 36.3 Å². The molecule has 1 heterocycles. The van der Waals surface area contributed by atoms with Gasteiger partial charge in [0, 0.05) is 5.56 Å². The van der Waals surface area contributed by atoms with E-state index < -0.39 is 17.8 Å². The number of ether oxygens (including phenoxy) is 1. The van der Waals surface area contributed by atoms with Crippen LogP contribution in [0, 0.1) is 5.82 Å². The first kappa shape index (κ1) is 21.2. The fourth-order valence-corrected chi connectivity index (χ4v) is 3.79. The molecular weight excluding hydrogens is 411 g/mol. The van der Waals surface area contributed by atoms with Crippen LogP contribution in [-0.2, 0) is 16.1 Å². The molecule has 32 heavy (non-hydrogen) atoms. The lowest BCUT2D eigenvalue weighted by Gasteiger charge is -2.40. The van der Waals surface area contributed by atoms with Crippen molar-refractivity contribution in [1.82, 2.24) is 0 Å². The van der Waals surface area contributed by atoms with Gasteiger partial charge < -0.3 is 9.64 Å². The Bertz CT molecular complexity index is 1180. The van der Waals surface area contributed by atoms with E-state index in [-0.39, 0.29) is 18.4 Å². The predicted octanol–water partition coefficient (Wildman–Crippen LogP) is 4.19. The zero-order chi connectivity index (χ0) is 22.8. The quantitative estimate of drug-likeness (QED) is 0.580. The molecular formula is C25H21FN2O4. The highest BCUT2D eigenvalue weighted by molar-refractivity contribution is 6.17. The van der Waals surface area contributed by atoms with E-state index in [4.69, 9.17) is 4.74 Å². The van der Waals surface area contributed by atoms with E-state index in [1.54, 1.807) is 60.4 Å². The Hall–Kier alpha value is -4.00. The number of benzene rings is 3. The molecule has 7 heteroatoms. The molecule has 2 amide bonds. The molecule has 162 valence electrons. The second-order valence-electron chi connectivity index (χ2n) is 7.46. The van der Waals surface area contributed by atoms with Crippen molar-refractivity contribution in [2.45, 2.75) is 19.5 Å². The Morgan fingerprint density at radius 2 is 1.50 bits per heavy atom. The van der Waals surface area contributed by atoms with E-state index in [0.29, 0.717) is 22.5 Å². The van der Waals surface area contributed by atoms with Crippen molar-refractivity contribution >= 4 is 29.2 Å². The summed E-state index contributed by atoms with van der Waals surface area (Å²) in [7, 11) is 1.32. The van der Waals surface area contributed by atoms with Gasteiger partial charge >= 0.3 is 5.97 Å². The van der Waals surface area contributed by atoms with Crippen molar-refractivity contribution in [3.05, 3.63) is 95.3 Å². The van der Waals surface area contributed by atoms with Crippen molar-refractivity contribution < 1.29 is 23.5 Å². The standard InChI is InChI=1S/C25H21FN2O4/c1-16-23(29)27(15-17-7-9-19(10-8-17)25(31)32-2)21-5-3-4-6-22(21)28(16)24(30)18-11-13-20(26)14-12-18/h3-14,16H,15H2,1-2H3. The second-order valence-corrected chi connectivity index (χ2v) is 7.46. The number of amides is 2. The lowest BCUT2D eigenvalue weighted by Crippen LogP contribution is -2.54. The number of anilines is 2. The summed E-state index contributed by atoms with van der Waals surface area (Å²) in [5.74, 6) is -1.48. The van der Waals surface area contributed by atoms with Crippen molar-refractivity contribution in [2.24, 2.45) is 0 Å². The monoisotopic (exact) mass is 432 g/mol. The third-order valence-electron chi connectivity index (χ3n) is 5.47. The molecule has 3 aromatic carbocycles. The lowest BCUT2D eigenvalue weighted by molar-refractivity contribution is -0.119. The summed E-state index contributed by atoms with van der Waals surface area (Å²) >= 11 is 0. The SMILES string of the molecule is COC(=O)c1ccc(CN2C(=O)C(C)N(C(=O)c3ccc(F)cc3)c3ccccc32)cc1. The number of carbonyl (C=O) groups excluding carboxylic acids is 3. The Kier molecular flexibility index (Phi) is 5.73. The molecule has 6 nitrogen and oxygen atoms in total. The van der Waals surface area contributed by atoms with Crippen LogP contribution in [0.15, 0.2) is 72.8 Å². The topological polar surface area (TPSA) is 66.9 Å².